The number of hydrogen-bond donors (Lipinski definition) is 2. The van der Waals surface area contributed by atoms with Crippen molar-refractivity contribution in [2.45, 2.75) is 35.6 Å². The molecule has 0 heterocycles. The highest BCUT2D eigenvalue weighted by molar-refractivity contribution is 8.14. The van der Waals surface area contributed by atoms with E-state index in [0.717, 1.165) is 23.5 Å². The lowest BCUT2D eigenvalue weighted by atomic mass is 10.5. The smallest absolute Gasteiger partial charge is 0.230 e. The number of nitrogens with one attached hydrogen (secondary N) is 1. The quantitative estimate of drug-likeness (QED) is 0.801. The Bertz CT molecular complexity index is 284. The van der Waals surface area contributed by atoms with Gasteiger partial charge in [0.2, 0.25) is 5.91 Å². The van der Waals surface area contributed by atoms with Gasteiger partial charge in [0.25, 0.3) is 0 Å². The van der Waals surface area contributed by atoms with Gasteiger partial charge in [-0.15, -0.1) is 0 Å². The highest BCUT2D eigenvalue weighted by Gasteiger charge is 1.99. The van der Waals surface area contributed by atoms with Gasteiger partial charge in [-0.25, -0.2) is 0 Å². The van der Waals surface area contributed by atoms with Crippen LogP contribution in [-0.2, 0) is 19.2 Å². The zero-order valence-electron chi connectivity index (χ0n) is 11.9. The second-order valence-corrected chi connectivity index (χ2v) is 5.24. The third-order valence-corrected chi connectivity index (χ3v) is 2.93. The predicted octanol–water partition coefficient (Wildman–Crippen LogP) is 1.71. The van der Waals surface area contributed by atoms with E-state index in [0.29, 0.717) is 5.75 Å². The van der Waals surface area contributed by atoms with E-state index < -0.39 is 0 Å². The van der Waals surface area contributed by atoms with Gasteiger partial charge in [0, 0.05) is 20.9 Å². The van der Waals surface area contributed by atoms with Gasteiger partial charge in [0.05, 0.1) is 11.5 Å². The third kappa shape index (κ3) is 45.3. The van der Waals surface area contributed by atoms with Crippen molar-refractivity contribution in [1.29, 1.82) is 0 Å². The van der Waals surface area contributed by atoms with Crippen LogP contribution < -0.4 is 11.1 Å². The maximum Gasteiger partial charge on any atom is 0.230 e. The van der Waals surface area contributed by atoms with Crippen molar-refractivity contribution in [1.82, 2.24) is 5.32 Å². The number of thioether (sulfide) groups is 2. The van der Waals surface area contributed by atoms with E-state index >= 15 is 0 Å². The fourth-order valence-corrected chi connectivity index (χ4v) is 1.33. The van der Waals surface area contributed by atoms with Crippen molar-refractivity contribution >= 4 is 45.4 Å². The van der Waals surface area contributed by atoms with Crippen molar-refractivity contribution in [2.24, 2.45) is 5.73 Å². The van der Waals surface area contributed by atoms with E-state index in [-0.39, 0.29) is 42.5 Å². The molecule has 0 aliphatic rings. The SMILES string of the molecule is C.C.CC(=O)CSC(C)=O.CN.CNC(=O)CSC(C)=O. The van der Waals surface area contributed by atoms with Crippen LogP contribution in [0.2, 0.25) is 0 Å². The first-order valence-corrected chi connectivity index (χ1v) is 7.31. The number of rotatable bonds is 4. The fraction of sp³-hybridized carbons (Fsp3) is 0.692. The number of ketones is 1. The lowest BCUT2D eigenvalue weighted by Gasteiger charge is -1.93. The van der Waals surface area contributed by atoms with Crippen molar-refractivity contribution < 1.29 is 19.2 Å². The number of nitrogens with two attached hydrogens (primary N) is 1. The molecule has 0 saturated carbocycles. The van der Waals surface area contributed by atoms with Crippen LogP contribution >= 0.6 is 23.5 Å². The number of carbonyl (C=O) groups is 4. The van der Waals surface area contributed by atoms with Gasteiger partial charge in [0.15, 0.2) is 10.2 Å². The predicted molar refractivity (Wildman–Crippen MR) is 94.6 cm³/mol. The maximum absolute atomic E-state index is 10.4. The molecule has 0 saturated heterocycles. The highest BCUT2D eigenvalue weighted by atomic mass is 32.2. The Hall–Kier alpha value is -0.860. The summed E-state index contributed by atoms with van der Waals surface area (Å²) in [5.41, 5.74) is 4.50. The average molecular weight is 343 g/mol. The third-order valence-electron chi connectivity index (χ3n) is 1.16. The lowest BCUT2D eigenvalue weighted by Crippen LogP contribution is -2.20. The van der Waals surface area contributed by atoms with Crippen LogP contribution in [0.5, 0.6) is 0 Å². The Morgan fingerprint density at radius 1 is 0.857 bits per heavy atom. The monoisotopic (exact) mass is 342 g/mol. The maximum atomic E-state index is 10.4. The lowest BCUT2D eigenvalue weighted by molar-refractivity contribution is -0.118. The molecule has 128 valence electrons. The number of hydrogen-bond acceptors (Lipinski definition) is 7. The zero-order valence-corrected chi connectivity index (χ0v) is 13.6. The van der Waals surface area contributed by atoms with Gasteiger partial charge in [0.1, 0.15) is 5.78 Å². The van der Waals surface area contributed by atoms with Gasteiger partial charge in [-0.1, -0.05) is 38.4 Å². The second kappa shape index (κ2) is 24.2. The summed E-state index contributed by atoms with van der Waals surface area (Å²) in [5, 5.41) is 2.38. The Labute approximate surface area is 137 Å². The molecule has 1 amide bonds. The van der Waals surface area contributed by atoms with E-state index in [4.69, 9.17) is 0 Å². The summed E-state index contributed by atoms with van der Waals surface area (Å²) in [6.45, 7) is 4.36. The van der Waals surface area contributed by atoms with Crippen molar-refractivity contribution in [2.75, 3.05) is 25.6 Å². The van der Waals surface area contributed by atoms with Crippen LogP contribution in [0, 0.1) is 0 Å². The van der Waals surface area contributed by atoms with Crippen LogP contribution in [-0.4, -0.2) is 47.5 Å². The Kier molecular flexibility index (Phi) is 37.1. The summed E-state index contributed by atoms with van der Waals surface area (Å²) in [6, 6.07) is 0. The molecule has 3 N–H and O–H groups in total. The molecule has 6 nitrogen and oxygen atoms in total. The molecule has 0 bridgehead atoms. The van der Waals surface area contributed by atoms with Gasteiger partial charge >= 0.3 is 0 Å². The molecule has 0 unspecified atom stereocenters. The molecule has 8 heteroatoms. The molecule has 0 spiro atoms. The largest absolute Gasteiger partial charge is 0.358 e. The van der Waals surface area contributed by atoms with Crippen LogP contribution in [0.1, 0.15) is 35.6 Å². The summed E-state index contributed by atoms with van der Waals surface area (Å²) in [7, 11) is 3.04. The molecule has 0 aromatic rings. The highest BCUT2D eigenvalue weighted by Crippen LogP contribution is 1.99. The molecular weight excluding hydrogens is 312 g/mol. The molecule has 0 radical (unpaired) electrons. The molecule has 0 aromatic heterocycles. The summed E-state index contributed by atoms with van der Waals surface area (Å²) in [5.74, 6) is 0.474. The summed E-state index contributed by atoms with van der Waals surface area (Å²) in [4.78, 5) is 41.0. The van der Waals surface area contributed by atoms with Gasteiger partial charge < -0.3 is 11.1 Å². The average Bonchev–Trinajstić information content (AvgIpc) is 2.36. The molecular formula is C13H30N2O4S2. The van der Waals surface area contributed by atoms with Crippen molar-refractivity contribution in [3.8, 4) is 0 Å². The minimum atomic E-state index is -0.116. The second-order valence-electron chi connectivity index (χ2n) is 2.94. The first-order valence-electron chi connectivity index (χ1n) is 5.34. The number of amides is 1. The van der Waals surface area contributed by atoms with Gasteiger partial charge in [-0.05, 0) is 14.0 Å². The van der Waals surface area contributed by atoms with Crippen LogP contribution in [0.25, 0.3) is 0 Å². The van der Waals surface area contributed by atoms with Crippen molar-refractivity contribution in [3.05, 3.63) is 0 Å². The standard InChI is InChI=1S/C5H9NO2S.C5H8O2S.CH5N.2CH4/c1-4(7)9-3-5(8)6-2;1-4(6)3-8-5(2)7;1-2;;/h3H2,1-2H3,(H,6,8);3H2,1-2H3;2H2,1H3;2*1H4. The summed E-state index contributed by atoms with van der Waals surface area (Å²) in [6.07, 6.45) is 0. The van der Waals surface area contributed by atoms with E-state index in [2.05, 4.69) is 11.1 Å². The Morgan fingerprint density at radius 2 is 1.19 bits per heavy atom. The topological polar surface area (TPSA) is 106 Å². The van der Waals surface area contributed by atoms with Crippen LogP contribution in [0.4, 0.5) is 0 Å². The molecule has 0 fully saturated rings. The molecule has 0 aromatic carbocycles. The molecule has 0 aliphatic carbocycles. The fourth-order valence-electron chi connectivity index (χ4n) is 0.443. The number of carbonyl (C=O) groups excluding carboxylic acids is 4. The minimum Gasteiger partial charge on any atom is -0.358 e. The van der Waals surface area contributed by atoms with E-state index in [9.17, 15) is 19.2 Å². The van der Waals surface area contributed by atoms with Gasteiger partial charge in [-0.3, -0.25) is 19.2 Å². The minimum absolute atomic E-state index is 0. The molecule has 21 heavy (non-hydrogen) atoms. The summed E-state index contributed by atoms with van der Waals surface area (Å²) >= 11 is 2.06. The Morgan fingerprint density at radius 3 is 1.38 bits per heavy atom. The van der Waals surface area contributed by atoms with Gasteiger partial charge in [-0.2, -0.15) is 0 Å². The first-order chi connectivity index (χ1) is 8.79. The van der Waals surface area contributed by atoms with E-state index in [1.165, 1.54) is 27.8 Å². The van der Waals surface area contributed by atoms with E-state index in [1.54, 1.807) is 7.05 Å². The molecule has 0 aliphatic heterocycles. The zero-order chi connectivity index (χ0) is 15.8. The van der Waals surface area contributed by atoms with Crippen LogP contribution in [0.3, 0.4) is 0 Å². The molecule has 0 rings (SSSR count). The molecule has 0 atom stereocenters. The van der Waals surface area contributed by atoms with Crippen molar-refractivity contribution in [3.63, 3.8) is 0 Å². The van der Waals surface area contributed by atoms with Crippen LogP contribution in [0.15, 0.2) is 0 Å². The normalized spacial score (nSPS) is 7.33. The summed E-state index contributed by atoms with van der Waals surface area (Å²) < 4.78 is 0. The number of Topliss-reactive ketones (excluding diaryl/α,β-unsaturated/α-hetero) is 1. The first kappa shape index (κ1) is 32.2. The Balaban J connectivity index is -0.0000000671. The van der Waals surface area contributed by atoms with E-state index in [1.807, 2.05) is 0 Å².